The van der Waals surface area contributed by atoms with Gasteiger partial charge in [-0.05, 0) is 70.3 Å². The molecule has 0 radical (unpaired) electrons. The molecule has 2 aliphatic heterocycles. The lowest BCUT2D eigenvalue weighted by Crippen LogP contribution is -2.49. The lowest BCUT2D eigenvalue weighted by molar-refractivity contribution is 0.0124. The molecule has 1 atom stereocenters. The van der Waals surface area contributed by atoms with E-state index in [1.54, 1.807) is 6.07 Å². The molecule has 5 heteroatoms. The van der Waals surface area contributed by atoms with Crippen LogP contribution in [0, 0.1) is 28.1 Å². The second-order valence-electron chi connectivity index (χ2n) is 7.95. The summed E-state index contributed by atoms with van der Waals surface area (Å²) in [4.78, 5) is 16.0. The molecule has 1 saturated heterocycles. The van der Waals surface area contributed by atoms with Gasteiger partial charge in [-0.2, -0.15) is 10.5 Å². The molecule has 0 N–H and O–H groups in total. The molecule has 1 aromatic carbocycles. The van der Waals surface area contributed by atoms with Gasteiger partial charge in [-0.3, -0.25) is 4.79 Å². The average Bonchev–Trinajstić information content (AvgIpc) is 2.74. The summed E-state index contributed by atoms with van der Waals surface area (Å²) in [6.45, 7) is 3.32. The van der Waals surface area contributed by atoms with Crippen molar-refractivity contribution in [3.05, 3.63) is 29.8 Å². The highest BCUT2D eigenvalue weighted by atomic mass is 16.5. The summed E-state index contributed by atoms with van der Waals surface area (Å²) in [5.74, 6) is 0.683. The molecule has 3 rings (SSSR count). The number of ether oxygens (including phenoxy) is 1. The van der Waals surface area contributed by atoms with Crippen LogP contribution in [0.25, 0.3) is 0 Å². The molecule has 0 saturated carbocycles. The van der Waals surface area contributed by atoms with Gasteiger partial charge in [-0.15, -0.1) is 0 Å². The van der Waals surface area contributed by atoms with Crippen molar-refractivity contribution in [3.63, 3.8) is 0 Å². The number of likely N-dealkylation sites (tertiary alicyclic amines) is 1. The van der Waals surface area contributed by atoms with Crippen molar-refractivity contribution < 1.29 is 9.53 Å². The molecule has 2 aliphatic rings. The van der Waals surface area contributed by atoms with Crippen LogP contribution in [0.3, 0.4) is 0 Å². The van der Waals surface area contributed by atoms with Crippen molar-refractivity contribution in [2.75, 3.05) is 19.6 Å². The van der Waals surface area contributed by atoms with Crippen molar-refractivity contribution in [1.29, 1.82) is 10.5 Å². The number of hydrogen-bond donors (Lipinski definition) is 0. The van der Waals surface area contributed by atoms with Crippen LogP contribution in [-0.4, -0.2) is 36.4 Å². The van der Waals surface area contributed by atoms with E-state index >= 15 is 0 Å². The maximum atomic E-state index is 13.5. The smallest absolute Gasteiger partial charge is 0.176 e. The molecular weight excluding hydrogens is 350 g/mol. The second kappa shape index (κ2) is 9.71. The fourth-order valence-electron chi connectivity index (χ4n) is 4.69. The monoisotopic (exact) mass is 379 g/mol. The Morgan fingerprint density at radius 2 is 1.75 bits per heavy atom. The first-order valence-electron chi connectivity index (χ1n) is 10.5. The third-order valence-corrected chi connectivity index (χ3v) is 6.22. The van der Waals surface area contributed by atoms with Gasteiger partial charge in [0.2, 0.25) is 0 Å². The van der Waals surface area contributed by atoms with E-state index in [0.717, 1.165) is 32.5 Å². The van der Waals surface area contributed by atoms with Gasteiger partial charge in [0.1, 0.15) is 11.9 Å². The van der Waals surface area contributed by atoms with E-state index in [0.29, 0.717) is 37.0 Å². The number of hydrogen-bond acceptors (Lipinski definition) is 5. The predicted molar refractivity (Wildman–Crippen MR) is 107 cm³/mol. The number of carbonyl (C=O) groups excluding carboxylic acids is 1. The number of Topliss-reactive ketones (excluding diaryl/α,β-unsaturated/α-hetero) is 1. The molecule has 2 heterocycles. The van der Waals surface area contributed by atoms with Gasteiger partial charge < -0.3 is 9.64 Å². The molecule has 28 heavy (non-hydrogen) atoms. The predicted octanol–water partition coefficient (Wildman–Crippen LogP) is 4.49. The van der Waals surface area contributed by atoms with Gasteiger partial charge in [-0.25, -0.2) is 0 Å². The lowest BCUT2D eigenvalue weighted by Gasteiger charge is -2.43. The summed E-state index contributed by atoms with van der Waals surface area (Å²) >= 11 is 0. The van der Waals surface area contributed by atoms with Gasteiger partial charge in [0.15, 0.2) is 5.78 Å². The van der Waals surface area contributed by atoms with Crippen molar-refractivity contribution in [1.82, 2.24) is 4.90 Å². The van der Waals surface area contributed by atoms with Gasteiger partial charge >= 0.3 is 0 Å². The molecule has 0 amide bonds. The number of ketones is 1. The van der Waals surface area contributed by atoms with Gasteiger partial charge in [0, 0.05) is 12.8 Å². The Morgan fingerprint density at radius 1 is 1.07 bits per heavy atom. The van der Waals surface area contributed by atoms with Crippen LogP contribution < -0.4 is 4.74 Å². The van der Waals surface area contributed by atoms with Crippen LogP contribution in [0.2, 0.25) is 0 Å². The molecule has 1 aromatic rings. The third-order valence-electron chi connectivity index (χ3n) is 6.22. The first-order chi connectivity index (χ1) is 13.7. The molecule has 0 aromatic heterocycles. The molecule has 0 aliphatic carbocycles. The summed E-state index contributed by atoms with van der Waals surface area (Å²) in [5.41, 5.74) is -0.188. The average molecular weight is 380 g/mol. The van der Waals surface area contributed by atoms with Crippen molar-refractivity contribution in [2.45, 2.75) is 63.9 Å². The maximum Gasteiger partial charge on any atom is 0.176 e. The van der Waals surface area contributed by atoms with Crippen molar-refractivity contribution in [2.24, 2.45) is 5.41 Å². The van der Waals surface area contributed by atoms with E-state index in [-0.39, 0.29) is 11.9 Å². The maximum absolute atomic E-state index is 13.5. The minimum Gasteiger partial charge on any atom is -0.489 e. The van der Waals surface area contributed by atoms with Crippen LogP contribution in [0.15, 0.2) is 24.3 Å². The van der Waals surface area contributed by atoms with E-state index in [1.165, 1.54) is 19.3 Å². The Balaban J connectivity index is 1.81. The highest BCUT2D eigenvalue weighted by Crippen LogP contribution is 2.46. The minimum absolute atomic E-state index is 0.0443. The normalized spacial score (nSPS) is 21.2. The highest BCUT2D eigenvalue weighted by molar-refractivity contribution is 6.04. The fraction of sp³-hybridized carbons (Fsp3) is 0.609. The largest absolute Gasteiger partial charge is 0.489 e. The number of carbonyl (C=O) groups is 1. The first-order valence-corrected chi connectivity index (χ1v) is 10.5. The topological polar surface area (TPSA) is 77.1 Å². The van der Waals surface area contributed by atoms with Crippen molar-refractivity contribution >= 4 is 5.78 Å². The fourth-order valence-corrected chi connectivity index (χ4v) is 4.69. The van der Waals surface area contributed by atoms with E-state index in [2.05, 4.69) is 17.0 Å². The molecular formula is C23H29N3O2. The number of rotatable bonds is 8. The van der Waals surface area contributed by atoms with Crippen LogP contribution in [0.4, 0.5) is 0 Å². The second-order valence-corrected chi connectivity index (χ2v) is 7.95. The SMILES string of the molecule is N#CCCC1(CCC#N)C(=O)c2ccccc2OC1CCCN1CCCCC1. The number of benzene rings is 1. The molecule has 1 unspecified atom stereocenters. The molecule has 1 fully saturated rings. The summed E-state index contributed by atoms with van der Waals surface area (Å²) in [6, 6.07) is 11.8. The quantitative estimate of drug-likeness (QED) is 0.665. The number of nitriles is 2. The lowest BCUT2D eigenvalue weighted by atomic mass is 9.66. The molecule has 0 bridgehead atoms. The molecule has 0 spiro atoms. The standard InChI is InChI=1S/C23H29N3O2/c24-14-7-12-23(13-8-15-25)21(11-6-18-26-16-4-1-5-17-26)28-20-10-3-2-9-19(20)22(23)27/h2-3,9-10,21H,1,4-8,11-13,16-18H2. The van der Waals surface area contributed by atoms with E-state index in [9.17, 15) is 15.3 Å². The van der Waals surface area contributed by atoms with E-state index < -0.39 is 5.41 Å². The van der Waals surface area contributed by atoms with Crippen LogP contribution in [0.1, 0.15) is 68.1 Å². The summed E-state index contributed by atoms with van der Waals surface area (Å²) in [5, 5.41) is 18.4. The van der Waals surface area contributed by atoms with Crippen LogP contribution in [0.5, 0.6) is 5.75 Å². The number of piperidine rings is 1. The number of fused-ring (bicyclic) bond motifs is 1. The van der Waals surface area contributed by atoms with Gasteiger partial charge in [-0.1, -0.05) is 18.6 Å². The Kier molecular flexibility index (Phi) is 7.06. The van der Waals surface area contributed by atoms with E-state index in [4.69, 9.17) is 4.74 Å². The van der Waals surface area contributed by atoms with Crippen molar-refractivity contribution in [3.8, 4) is 17.9 Å². The zero-order valence-electron chi connectivity index (χ0n) is 16.5. The van der Waals surface area contributed by atoms with E-state index in [1.807, 2.05) is 18.2 Å². The Hall–Kier alpha value is -2.37. The Bertz CT molecular complexity index is 738. The van der Waals surface area contributed by atoms with Crippen LogP contribution >= 0.6 is 0 Å². The zero-order valence-corrected chi connectivity index (χ0v) is 16.5. The third kappa shape index (κ3) is 4.37. The van der Waals surface area contributed by atoms with Gasteiger partial charge in [0.05, 0.1) is 23.1 Å². The summed E-state index contributed by atoms with van der Waals surface area (Å²) < 4.78 is 6.34. The summed E-state index contributed by atoms with van der Waals surface area (Å²) in [6.07, 6.45) is 6.80. The first kappa shape index (κ1) is 20.4. The summed E-state index contributed by atoms with van der Waals surface area (Å²) in [7, 11) is 0. The Morgan fingerprint density at radius 3 is 2.43 bits per heavy atom. The number of nitrogens with zero attached hydrogens (tertiary/aromatic N) is 3. The Labute approximate surface area is 167 Å². The number of para-hydroxylation sites is 1. The zero-order chi connectivity index (χ0) is 19.8. The molecule has 5 nitrogen and oxygen atoms in total. The van der Waals surface area contributed by atoms with Crippen LogP contribution in [-0.2, 0) is 0 Å². The van der Waals surface area contributed by atoms with Gasteiger partial charge in [0.25, 0.3) is 0 Å². The highest BCUT2D eigenvalue weighted by Gasteiger charge is 2.50. The minimum atomic E-state index is -0.776. The molecule has 148 valence electrons.